The van der Waals surface area contributed by atoms with Gasteiger partial charge < -0.3 is 26.8 Å². The first-order valence-electron chi connectivity index (χ1n) is 6.00. The number of rotatable bonds is 8. The fourth-order valence-electron chi connectivity index (χ4n) is 1.52. The van der Waals surface area contributed by atoms with Crippen LogP contribution in [0.5, 0.6) is 5.88 Å². The van der Waals surface area contributed by atoms with Crippen molar-refractivity contribution in [3.8, 4) is 5.88 Å². The fraction of sp³-hybridized carbons (Fsp3) is 0.455. The summed E-state index contributed by atoms with van der Waals surface area (Å²) in [4.78, 5) is 31.2. The Morgan fingerprint density at radius 3 is 2.35 bits per heavy atom. The predicted octanol–water partition coefficient (Wildman–Crippen LogP) is -1.38. The Balaban J connectivity index is 3.05. The Kier molecular flexibility index (Phi) is 5.51. The van der Waals surface area contributed by atoms with Gasteiger partial charge >= 0.3 is 0 Å². The third-order valence-electron chi connectivity index (χ3n) is 2.26. The molecule has 0 atom stereocenters. The van der Waals surface area contributed by atoms with Crippen molar-refractivity contribution >= 4 is 23.3 Å². The van der Waals surface area contributed by atoms with Gasteiger partial charge in [-0.1, -0.05) is 6.92 Å². The van der Waals surface area contributed by atoms with Crippen LogP contribution in [0.1, 0.15) is 13.3 Å². The Hall–Kier alpha value is -2.58. The molecule has 0 aliphatic heterocycles. The molecular weight excluding hydrogens is 264 g/mol. The number of ether oxygens (including phenoxy) is 1. The molecule has 20 heavy (non-hydrogen) atoms. The summed E-state index contributed by atoms with van der Waals surface area (Å²) in [6.07, 6.45) is 2.01. The van der Waals surface area contributed by atoms with Crippen molar-refractivity contribution in [2.24, 2.45) is 11.5 Å². The SMILES string of the molecule is CCCOc1ncnc(N(CC(N)=O)CC(N)=O)c1N. The van der Waals surface area contributed by atoms with Crippen LogP contribution in [0.3, 0.4) is 0 Å². The minimum Gasteiger partial charge on any atom is -0.476 e. The Morgan fingerprint density at radius 2 is 1.85 bits per heavy atom. The molecule has 0 aromatic carbocycles. The van der Waals surface area contributed by atoms with Crippen LogP contribution in [-0.4, -0.2) is 41.5 Å². The summed E-state index contributed by atoms with van der Waals surface area (Å²) in [6.45, 7) is 1.89. The number of amides is 2. The van der Waals surface area contributed by atoms with Crippen molar-refractivity contribution in [2.75, 3.05) is 30.3 Å². The van der Waals surface area contributed by atoms with E-state index in [0.29, 0.717) is 6.61 Å². The van der Waals surface area contributed by atoms with Gasteiger partial charge in [0.05, 0.1) is 19.7 Å². The van der Waals surface area contributed by atoms with Gasteiger partial charge in [-0.15, -0.1) is 0 Å². The Bertz CT molecular complexity index is 477. The maximum Gasteiger partial charge on any atom is 0.242 e. The first kappa shape index (κ1) is 15.5. The highest BCUT2D eigenvalue weighted by atomic mass is 16.5. The molecule has 0 aliphatic carbocycles. The number of carbonyl (C=O) groups is 2. The summed E-state index contributed by atoms with van der Waals surface area (Å²) in [7, 11) is 0. The zero-order chi connectivity index (χ0) is 15.1. The molecule has 0 saturated heterocycles. The molecule has 9 nitrogen and oxygen atoms in total. The standard InChI is InChI=1S/C11H18N6O3/c1-2-3-20-11-9(14)10(15-6-16-11)17(4-7(12)18)5-8(13)19/h6H,2-5,14H2,1H3,(H2,12,18)(H2,13,19). The lowest BCUT2D eigenvalue weighted by molar-refractivity contribution is -0.117. The summed E-state index contributed by atoms with van der Waals surface area (Å²) in [5.41, 5.74) is 16.3. The maximum absolute atomic E-state index is 11.0. The summed E-state index contributed by atoms with van der Waals surface area (Å²) in [5, 5.41) is 0. The molecule has 9 heteroatoms. The van der Waals surface area contributed by atoms with Crippen LogP contribution >= 0.6 is 0 Å². The minimum atomic E-state index is -0.639. The highest BCUT2D eigenvalue weighted by Crippen LogP contribution is 2.27. The second-order valence-corrected chi connectivity index (χ2v) is 4.05. The second kappa shape index (κ2) is 7.12. The van der Waals surface area contributed by atoms with E-state index in [9.17, 15) is 9.59 Å². The number of anilines is 2. The van der Waals surface area contributed by atoms with Crippen LogP contribution < -0.4 is 26.8 Å². The van der Waals surface area contributed by atoms with Gasteiger partial charge in [0, 0.05) is 0 Å². The van der Waals surface area contributed by atoms with E-state index in [1.165, 1.54) is 11.2 Å². The minimum absolute atomic E-state index is 0.128. The van der Waals surface area contributed by atoms with Gasteiger partial charge in [0.25, 0.3) is 0 Å². The van der Waals surface area contributed by atoms with E-state index in [-0.39, 0.29) is 30.5 Å². The Labute approximate surface area is 116 Å². The lowest BCUT2D eigenvalue weighted by Crippen LogP contribution is -2.40. The van der Waals surface area contributed by atoms with Crippen molar-refractivity contribution in [1.29, 1.82) is 0 Å². The van der Waals surface area contributed by atoms with Crippen molar-refractivity contribution in [2.45, 2.75) is 13.3 Å². The number of nitrogens with two attached hydrogens (primary N) is 3. The average Bonchev–Trinajstić information content (AvgIpc) is 2.35. The van der Waals surface area contributed by atoms with Crippen LogP contribution in [0.25, 0.3) is 0 Å². The molecule has 0 spiro atoms. The van der Waals surface area contributed by atoms with Gasteiger partial charge in [-0.25, -0.2) is 4.98 Å². The van der Waals surface area contributed by atoms with Crippen LogP contribution in [-0.2, 0) is 9.59 Å². The first-order valence-corrected chi connectivity index (χ1v) is 6.00. The van der Waals surface area contributed by atoms with E-state index < -0.39 is 11.8 Å². The monoisotopic (exact) mass is 282 g/mol. The summed E-state index contributed by atoms with van der Waals surface area (Å²) < 4.78 is 5.35. The van der Waals surface area contributed by atoms with E-state index in [1.54, 1.807) is 0 Å². The molecule has 2 amide bonds. The number of carbonyl (C=O) groups excluding carboxylic acids is 2. The van der Waals surface area contributed by atoms with E-state index >= 15 is 0 Å². The highest BCUT2D eigenvalue weighted by molar-refractivity contribution is 5.86. The van der Waals surface area contributed by atoms with Crippen LogP contribution in [0.15, 0.2) is 6.33 Å². The van der Waals surface area contributed by atoms with Gasteiger partial charge in [0.1, 0.15) is 12.0 Å². The highest BCUT2D eigenvalue weighted by Gasteiger charge is 2.19. The normalized spacial score (nSPS) is 10.1. The van der Waals surface area contributed by atoms with E-state index in [4.69, 9.17) is 21.9 Å². The summed E-state index contributed by atoms with van der Waals surface area (Å²) in [6, 6.07) is 0. The van der Waals surface area contributed by atoms with Gasteiger partial charge in [0.15, 0.2) is 5.82 Å². The number of nitrogen functional groups attached to an aromatic ring is 1. The quantitative estimate of drug-likeness (QED) is 0.531. The fourth-order valence-corrected chi connectivity index (χ4v) is 1.52. The van der Waals surface area contributed by atoms with E-state index in [2.05, 4.69) is 9.97 Å². The van der Waals surface area contributed by atoms with E-state index in [1.807, 2.05) is 6.92 Å². The third-order valence-corrected chi connectivity index (χ3v) is 2.26. The third kappa shape index (κ3) is 4.26. The molecule has 0 fully saturated rings. The molecular formula is C11H18N6O3. The molecule has 1 aromatic rings. The van der Waals surface area contributed by atoms with Crippen LogP contribution in [0.2, 0.25) is 0 Å². The maximum atomic E-state index is 11.0. The molecule has 0 aliphatic rings. The lowest BCUT2D eigenvalue weighted by atomic mass is 10.3. The van der Waals surface area contributed by atoms with Crippen molar-refractivity contribution in [1.82, 2.24) is 9.97 Å². The lowest BCUT2D eigenvalue weighted by Gasteiger charge is -2.22. The zero-order valence-electron chi connectivity index (χ0n) is 11.2. The van der Waals surface area contributed by atoms with Gasteiger partial charge in [-0.2, -0.15) is 4.98 Å². The number of hydrogen-bond acceptors (Lipinski definition) is 7. The summed E-state index contributed by atoms with van der Waals surface area (Å²) >= 11 is 0. The average molecular weight is 282 g/mol. The van der Waals surface area contributed by atoms with Crippen LogP contribution in [0, 0.1) is 0 Å². The van der Waals surface area contributed by atoms with Crippen molar-refractivity contribution in [3.63, 3.8) is 0 Å². The number of nitrogens with zero attached hydrogens (tertiary/aromatic N) is 3. The molecule has 6 N–H and O–H groups in total. The number of hydrogen-bond donors (Lipinski definition) is 3. The van der Waals surface area contributed by atoms with Gasteiger partial charge in [-0.05, 0) is 6.42 Å². The molecule has 1 heterocycles. The molecule has 0 bridgehead atoms. The predicted molar refractivity (Wildman–Crippen MR) is 72.8 cm³/mol. The molecule has 110 valence electrons. The van der Waals surface area contributed by atoms with Gasteiger partial charge in [0.2, 0.25) is 17.7 Å². The van der Waals surface area contributed by atoms with Gasteiger partial charge in [-0.3, -0.25) is 9.59 Å². The molecule has 1 rings (SSSR count). The molecule has 0 saturated carbocycles. The van der Waals surface area contributed by atoms with Crippen molar-refractivity contribution < 1.29 is 14.3 Å². The zero-order valence-corrected chi connectivity index (χ0v) is 11.2. The smallest absolute Gasteiger partial charge is 0.242 e. The summed E-state index contributed by atoms with van der Waals surface area (Å²) in [5.74, 6) is -0.903. The number of primary amides is 2. The topological polar surface area (TPSA) is 150 Å². The molecule has 1 aromatic heterocycles. The molecule has 0 unspecified atom stereocenters. The van der Waals surface area contributed by atoms with Crippen LogP contribution in [0.4, 0.5) is 11.5 Å². The number of aromatic nitrogens is 2. The second-order valence-electron chi connectivity index (χ2n) is 4.05. The first-order chi connectivity index (χ1) is 9.45. The Morgan fingerprint density at radius 1 is 1.25 bits per heavy atom. The molecule has 0 radical (unpaired) electrons. The van der Waals surface area contributed by atoms with E-state index in [0.717, 1.165) is 6.42 Å². The van der Waals surface area contributed by atoms with Crippen molar-refractivity contribution in [3.05, 3.63) is 6.33 Å². The largest absolute Gasteiger partial charge is 0.476 e.